The van der Waals surface area contributed by atoms with Gasteiger partial charge in [-0.1, -0.05) is 13.8 Å². The monoisotopic (exact) mass is 366 g/mol. The number of methoxy groups -OCH3 is 1. The first-order valence-electron chi connectivity index (χ1n) is 8.83. The van der Waals surface area contributed by atoms with Crippen LogP contribution in [0.3, 0.4) is 0 Å². The molecular formula is C18H26N2O6. The average Bonchev–Trinajstić information content (AvgIpc) is 3.05. The fourth-order valence-corrected chi connectivity index (χ4v) is 3.58. The maximum atomic E-state index is 12.1. The third-order valence-electron chi connectivity index (χ3n) is 4.91. The Kier molecular flexibility index (Phi) is 6.55. The predicted molar refractivity (Wildman–Crippen MR) is 95.0 cm³/mol. The van der Waals surface area contributed by atoms with Crippen molar-refractivity contribution in [2.75, 3.05) is 14.2 Å². The Morgan fingerprint density at radius 2 is 2.12 bits per heavy atom. The minimum absolute atomic E-state index is 0.0161. The molecule has 1 saturated carbocycles. The number of aromatic carboxylic acids is 1. The van der Waals surface area contributed by atoms with Crippen molar-refractivity contribution in [3.8, 4) is 5.75 Å². The van der Waals surface area contributed by atoms with Gasteiger partial charge in [0.15, 0.2) is 12.0 Å². The first-order valence-corrected chi connectivity index (χ1v) is 8.83. The van der Waals surface area contributed by atoms with Gasteiger partial charge >= 0.3 is 5.97 Å². The second kappa shape index (κ2) is 8.46. The number of carbonyl (C=O) groups excluding carboxylic acids is 1. The van der Waals surface area contributed by atoms with Crippen molar-refractivity contribution in [2.45, 2.75) is 58.0 Å². The molecule has 1 aliphatic heterocycles. The van der Waals surface area contributed by atoms with Gasteiger partial charge in [-0.05, 0) is 26.3 Å². The van der Waals surface area contributed by atoms with Gasteiger partial charge in [-0.25, -0.2) is 4.79 Å². The molecule has 1 aliphatic carbocycles. The van der Waals surface area contributed by atoms with E-state index >= 15 is 0 Å². The van der Waals surface area contributed by atoms with E-state index in [1.165, 1.54) is 17.9 Å². The second-order valence-electron chi connectivity index (χ2n) is 6.21. The van der Waals surface area contributed by atoms with Crippen LogP contribution in [0, 0.1) is 0 Å². The van der Waals surface area contributed by atoms with Crippen LogP contribution in [0.25, 0.3) is 0 Å². The summed E-state index contributed by atoms with van der Waals surface area (Å²) < 4.78 is 12.4. The fraction of sp³-hybridized carbons (Fsp3) is 0.611. The zero-order valence-electron chi connectivity index (χ0n) is 15.6. The van der Waals surface area contributed by atoms with Crippen molar-refractivity contribution in [2.24, 2.45) is 0 Å². The largest absolute Gasteiger partial charge is 0.491 e. The van der Waals surface area contributed by atoms with Gasteiger partial charge in [0.2, 0.25) is 5.43 Å². The molecule has 2 aliphatic rings. The predicted octanol–water partition coefficient (Wildman–Crippen LogP) is 1.60. The van der Waals surface area contributed by atoms with E-state index in [4.69, 9.17) is 9.47 Å². The first-order chi connectivity index (χ1) is 12.5. The van der Waals surface area contributed by atoms with E-state index in [0.717, 1.165) is 19.3 Å². The first kappa shape index (κ1) is 20.1. The van der Waals surface area contributed by atoms with Crippen LogP contribution in [-0.4, -0.2) is 59.4 Å². The summed E-state index contributed by atoms with van der Waals surface area (Å²) in [5, 5.41) is 9.23. The lowest BCUT2D eigenvalue weighted by Gasteiger charge is -2.38. The highest BCUT2D eigenvalue weighted by Gasteiger charge is 2.39. The summed E-state index contributed by atoms with van der Waals surface area (Å²) in [6.45, 7) is 4.24. The van der Waals surface area contributed by atoms with Crippen molar-refractivity contribution in [3.63, 3.8) is 0 Å². The molecule has 2 bridgehead atoms. The average molecular weight is 366 g/mol. The van der Waals surface area contributed by atoms with E-state index in [1.807, 2.05) is 20.9 Å². The maximum Gasteiger partial charge on any atom is 0.341 e. The van der Waals surface area contributed by atoms with Gasteiger partial charge in [-0.2, -0.15) is 0 Å². The quantitative estimate of drug-likeness (QED) is 0.791. The number of rotatable bonds is 5. The lowest BCUT2D eigenvalue weighted by Crippen LogP contribution is -2.48. The minimum Gasteiger partial charge on any atom is -0.491 e. The molecule has 0 radical (unpaired) electrons. The van der Waals surface area contributed by atoms with Gasteiger partial charge < -0.3 is 19.1 Å². The highest BCUT2D eigenvalue weighted by atomic mass is 16.5. The summed E-state index contributed by atoms with van der Waals surface area (Å²) in [5.74, 6) is -1.62. The van der Waals surface area contributed by atoms with E-state index in [1.54, 1.807) is 0 Å². The van der Waals surface area contributed by atoms with E-state index in [-0.39, 0.29) is 30.3 Å². The molecule has 0 aromatic carbocycles. The Morgan fingerprint density at radius 3 is 2.69 bits per heavy atom. The third kappa shape index (κ3) is 3.66. The van der Waals surface area contributed by atoms with Gasteiger partial charge in [-0.3, -0.25) is 14.5 Å². The zero-order valence-corrected chi connectivity index (χ0v) is 15.6. The number of nitrogens with zero attached hydrogens (tertiary/aromatic N) is 2. The molecule has 8 nitrogen and oxygen atoms in total. The second-order valence-corrected chi connectivity index (χ2v) is 6.21. The molecule has 3 rings (SSSR count). The summed E-state index contributed by atoms with van der Waals surface area (Å²) in [4.78, 5) is 37.0. The summed E-state index contributed by atoms with van der Waals surface area (Å²) in [7, 11) is 3.19. The highest BCUT2D eigenvalue weighted by Crippen LogP contribution is 2.34. The molecule has 1 aromatic heterocycles. The van der Waals surface area contributed by atoms with Crippen LogP contribution >= 0.6 is 0 Å². The smallest absolute Gasteiger partial charge is 0.341 e. The molecular weight excluding hydrogens is 340 g/mol. The van der Waals surface area contributed by atoms with E-state index in [0.29, 0.717) is 12.3 Å². The molecule has 1 saturated heterocycles. The molecule has 144 valence electrons. The normalized spacial score (nSPS) is 24.5. The number of fused-ring (bicyclic) bond motifs is 2. The van der Waals surface area contributed by atoms with Gasteiger partial charge in [0.05, 0.1) is 19.8 Å². The number of hydrogen-bond acceptors (Lipinski definition) is 6. The molecule has 0 amide bonds. The number of ether oxygens (including phenoxy) is 2. The molecule has 3 atom stereocenters. The van der Waals surface area contributed by atoms with Crippen LogP contribution < -0.4 is 10.2 Å². The fourth-order valence-electron chi connectivity index (χ4n) is 3.58. The summed E-state index contributed by atoms with van der Waals surface area (Å²) in [6.07, 6.45) is 4.64. The Balaban J connectivity index is 0.00000117. The SMILES string of the molecule is CC.COc1c(C=O)n(CC2OC3CCC(C3)N2C)cc(C(=O)O)c1=O. The number of carboxylic acids is 1. The van der Waals surface area contributed by atoms with Crippen LogP contribution in [0.1, 0.15) is 54.0 Å². The van der Waals surface area contributed by atoms with Gasteiger partial charge in [-0.15, -0.1) is 0 Å². The van der Waals surface area contributed by atoms with E-state index < -0.39 is 17.0 Å². The number of likely N-dealkylation sites (N-methyl/N-ethyl adjacent to an activating group) is 1. The third-order valence-corrected chi connectivity index (χ3v) is 4.91. The van der Waals surface area contributed by atoms with Gasteiger partial charge in [0, 0.05) is 12.2 Å². The lowest BCUT2D eigenvalue weighted by atomic mass is 10.1. The molecule has 3 unspecified atom stereocenters. The number of hydrogen-bond donors (Lipinski definition) is 1. The molecule has 2 fully saturated rings. The molecule has 2 heterocycles. The minimum atomic E-state index is -1.36. The van der Waals surface area contributed by atoms with Crippen LogP contribution in [0.2, 0.25) is 0 Å². The van der Waals surface area contributed by atoms with Crippen LogP contribution in [-0.2, 0) is 11.3 Å². The molecule has 0 spiro atoms. The van der Waals surface area contributed by atoms with Crippen molar-refractivity contribution in [1.82, 2.24) is 9.47 Å². The summed E-state index contributed by atoms with van der Waals surface area (Å²) in [6, 6.07) is 0.425. The van der Waals surface area contributed by atoms with Crippen LogP contribution in [0.4, 0.5) is 0 Å². The molecule has 1 N–H and O–H groups in total. The maximum absolute atomic E-state index is 12.1. The van der Waals surface area contributed by atoms with Crippen molar-refractivity contribution in [3.05, 3.63) is 27.7 Å². The number of pyridine rings is 1. The van der Waals surface area contributed by atoms with E-state index in [9.17, 15) is 19.5 Å². The van der Waals surface area contributed by atoms with Gasteiger partial charge in [0.25, 0.3) is 0 Å². The zero-order chi connectivity index (χ0) is 19.4. The number of aldehydes is 1. The summed E-state index contributed by atoms with van der Waals surface area (Å²) >= 11 is 0. The highest BCUT2D eigenvalue weighted by molar-refractivity contribution is 5.89. The Morgan fingerprint density at radius 1 is 1.42 bits per heavy atom. The Bertz CT molecular complexity index is 729. The Labute approximate surface area is 152 Å². The van der Waals surface area contributed by atoms with Crippen LogP contribution in [0.15, 0.2) is 11.0 Å². The number of carbonyl (C=O) groups is 2. The Hall–Kier alpha value is -2.19. The van der Waals surface area contributed by atoms with Gasteiger partial charge in [0.1, 0.15) is 17.5 Å². The van der Waals surface area contributed by atoms with Crippen molar-refractivity contribution < 1.29 is 24.2 Å². The van der Waals surface area contributed by atoms with Crippen LogP contribution in [0.5, 0.6) is 5.75 Å². The molecule has 1 aromatic rings. The molecule has 26 heavy (non-hydrogen) atoms. The number of carboxylic acid groups (broad SMARTS) is 1. The summed E-state index contributed by atoms with van der Waals surface area (Å²) in [5.41, 5.74) is -1.22. The van der Waals surface area contributed by atoms with Crippen molar-refractivity contribution >= 4 is 12.3 Å². The molecule has 8 heteroatoms. The standard InChI is InChI=1S/C16H20N2O6.C2H6/c1-17-9-3-4-10(5-9)24-13(17)7-18-6-11(16(21)22)14(20)15(23-2)12(18)8-19;1-2/h6,8-10,13H,3-5,7H2,1-2H3,(H,21,22);1-2H3. The number of aromatic nitrogens is 1. The topological polar surface area (TPSA) is 98.1 Å². The van der Waals surface area contributed by atoms with E-state index in [2.05, 4.69) is 4.90 Å². The van der Waals surface area contributed by atoms with Crippen molar-refractivity contribution in [1.29, 1.82) is 0 Å². The lowest BCUT2D eigenvalue weighted by molar-refractivity contribution is -0.134.